The van der Waals surface area contributed by atoms with E-state index in [4.69, 9.17) is 14.2 Å². The van der Waals surface area contributed by atoms with Crippen LogP contribution in [0.1, 0.15) is 11.1 Å². The van der Waals surface area contributed by atoms with Crippen molar-refractivity contribution < 1.29 is 32.2 Å². The quantitative estimate of drug-likeness (QED) is 0.308. The molecule has 208 valence electrons. The van der Waals surface area contributed by atoms with Crippen molar-refractivity contribution in [1.29, 1.82) is 5.26 Å². The molecular weight excluding hydrogens is 537 g/mol. The van der Waals surface area contributed by atoms with E-state index < -0.39 is 23.4 Å². The van der Waals surface area contributed by atoms with Crippen LogP contribution in [0, 0.1) is 11.3 Å². The number of carbonyl (C=O) groups is 1. The number of amides is 1. The van der Waals surface area contributed by atoms with E-state index >= 15 is 0 Å². The smallest absolute Gasteiger partial charge is 0.417 e. The third-order valence-corrected chi connectivity index (χ3v) is 5.44. The van der Waals surface area contributed by atoms with Crippen molar-refractivity contribution in [3.63, 3.8) is 0 Å². The van der Waals surface area contributed by atoms with E-state index in [1.54, 1.807) is 0 Å². The number of hydrogen-bond donors (Lipinski definition) is 2. The number of carbonyl (C=O) groups excluding carboxylic acids is 1. The summed E-state index contributed by atoms with van der Waals surface area (Å²) in [5, 5.41) is 15.0. The number of nitrogens with zero attached hydrogens (tertiary/aromatic N) is 6. The molecule has 0 aliphatic heterocycles. The fourth-order valence-corrected chi connectivity index (χ4v) is 3.55. The lowest BCUT2D eigenvalue weighted by molar-refractivity contribution is -0.138. The first-order chi connectivity index (χ1) is 19.0. The Bertz CT molecular complexity index is 1680. The Morgan fingerprint density at radius 1 is 1.23 bits per heavy atom. The fourth-order valence-electron chi connectivity index (χ4n) is 3.55. The second kappa shape index (κ2) is 11.3. The van der Waals surface area contributed by atoms with Gasteiger partial charge in [0.2, 0.25) is 11.8 Å². The van der Waals surface area contributed by atoms with Crippen molar-refractivity contribution in [2.75, 3.05) is 25.6 Å². The Morgan fingerprint density at radius 2 is 2.00 bits per heavy atom. The number of pyridine rings is 3. The lowest BCUT2D eigenvalue weighted by Crippen LogP contribution is -2.30. The number of rotatable bonds is 8. The van der Waals surface area contributed by atoms with Gasteiger partial charge in [-0.15, -0.1) is 0 Å². The highest BCUT2D eigenvalue weighted by molar-refractivity contribution is 5.84. The highest BCUT2D eigenvalue weighted by Gasteiger charge is 2.32. The fraction of sp³-hybridized carbons (Fsp3) is 0.250. The molecule has 2 N–H and O–H groups in total. The standard InChI is InChI=1S/C24H21F3N8O5/c1-34-12-13(24(25,26)27)8-16(21(34)36)32-22-33-20-19(35(22)2)15(10-28)17(11-31-20)39-14-4-5-29-18(9-14)40-23(37)30-6-7-38-3/h4-5,8-9,11-12H,6-7H2,1-3H3,(H,30,37)(H,31,32,33). The van der Waals surface area contributed by atoms with Gasteiger partial charge in [-0.25, -0.2) is 14.8 Å². The molecule has 0 bridgehead atoms. The van der Waals surface area contributed by atoms with Crippen LogP contribution in [0.2, 0.25) is 0 Å². The van der Waals surface area contributed by atoms with Crippen LogP contribution in [0.4, 0.5) is 29.6 Å². The molecule has 4 aromatic rings. The van der Waals surface area contributed by atoms with Crippen LogP contribution in [0.15, 0.2) is 41.6 Å². The number of anilines is 2. The zero-order valence-corrected chi connectivity index (χ0v) is 21.2. The van der Waals surface area contributed by atoms with Gasteiger partial charge in [-0.2, -0.15) is 23.4 Å². The first-order valence-electron chi connectivity index (χ1n) is 11.4. The minimum absolute atomic E-state index is 0.00147. The molecular formula is C24H21F3N8O5. The largest absolute Gasteiger partial charge is 0.454 e. The van der Waals surface area contributed by atoms with Gasteiger partial charge in [0, 0.05) is 46.2 Å². The number of halogens is 3. The van der Waals surface area contributed by atoms with Crippen LogP contribution in [0.5, 0.6) is 17.4 Å². The first kappa shape index (κ1) is 27.9. The average molecular weight is 558 g/mol. The molecule has 0 aliphatic rings. The third-order valence-electron chi connectivity index (χ3n) is 5.44. The monoisotopic (exact) mass is 558 g/mol. The molecule has 4 aromatic heterocycles. The molecule has 0 aliphatic carbocycles. The SMILES string of the molecule is COCCNC(=O)Oc1cc(Oc2cnc3nc(Nc4cc(C(F)(F)F)cn(C)c4=O)n(C)c3c2C#N)ccn1. The second-order valence-electron chi connectivity index (χ2n) is 8.20. The predicted octanol–water partition coefficient (Wildman–Crippen LogP) is 3.22. The maximum absolute atomic E-state index is 13.3. The molecule has 0 saturated heterocycles. The summed E-state index contributed by atoms with van der Waals surface area (Å²) in [6.45, 7) is 0.520. The van der Waals surface area contributed by atoms with Gasteiger partial charge in [0.05, 0.1) is 18.4 Å². The van der Waals surface area contributed by atoms with Crippen molar-refractivity contribution in [2.24, 2.45) is 14.1 Å². The molecule has 0 unspecified atom stereocenters. The Labute approximate surface area is 223 Å². The third kappa shape index (κ3) is 5.94. The maximum atomic E-state index is 13.3. The van der Waals surface area contributed by atoms with E-state index in [0.717, 1.165) is 4.57 Å². The zero-order chi connectivity index (χ0) is 29.0. The molecule has 0 saturated carbocycles. The van der Waals surface area contributed by atoms with E-state index in [2.05, 4.69) is 25.6 Å². The predicted molar refractivity (Wildman–Crippen MR) is 133 cm³/mol. The molecule has 1 amide bonds. The van der Waals surface area contributed by atoms with Crippen molar-refractivity contribution in [1.82, 2.24) is 29.4 Å². The van der Waals surface area contributed by atoms with E-state index in [-0.39, 0.29) is 52.3 Å². The molecule has 4 rings (SSSR count). The van der Waals surface area contributed by atoms with Crippen molar-refractivity contribution in [2.45, 2.75) is 6.18 Å². The lowest BCUT2D eigenvalue weighted by Gasteiger charge is -2.12. The zero-order valence-electron chi connectivity index (χ0n) is 21.2. The molecule has 40 heavy (non-hydrogen) atoms. The maximum Gasteiger partial charge on any atom is 0.417 e. The number of alkyl halides is 3. The van der Waals surface area contributed by atoms with E-state index in [9.17, 15) is 28.0 Å². The highest BCUT2D eigenvalue weighted by atomic mass is 19.4. The van der Waals surface area contributed by atoms with Gasteiger partial charge in [-0.1, -0.05) is 0 Å². The summed E-state index contributed by atoms with van der Waals surface area (Å²) in [4.78, 5) is 36.7. The number of ether oxygens (including phenoxy) is 3. The minimum atomic E-state index is -4.68. The lowest BCUT2D eigenvalue weighted by atomic mass is 10.2. The number of hydrogen-bond acceptors (Lipinski definition) is 10. The normalized spacial score (nSPS) is 11.2. The first-order valence-corrected chi connectivity index (χ1v) is 11.4. The van der Waals surface area contributed by atoms with Crippen LogP contribution in [-0.2, 0) is 25.0 Å². The number of methoxy groups -OCH3 is 1. The summed E-state index contributed by atoms with van der Waals surface area (Å²) in [5.41, 5.74) is -1.86. The summed E-state index contributed by atoms with van der Waals surface area (Å²) >= 11 is 0. The number of nitriles is 1. The molecule has 0 atom stereocenters. The number of aromatic nitrogens is 5. The van der Waals surface area contributed by atoms with Crippen LogP contribution in [0.3, 0.4) is 0 Å². The Hall–Kier alpha value is -5.17. The molecule has 0 fully saturated rings. The molecule has 0 spiro atoms. The molecule has 4 heterocycles. The summed E-state index contributed by atoms with van der Waals surface area (Å²) in [7, 11) is 4.17. The van der Waals surface area contributed by atoms with Crippen LogP contribution in [0.25, 0.3) is 11.2 Å². The van der Waals surface area contributed by atoms with Crippen LogP contribution < -0.4 is 25.7 Å². The molecule has 0 aromatic carbocycles. The van der Waals surface area contributed by atoms with E-state index in [0.29, 0.717) is 18.9 Å². The Morgan fingerprint density at radius 3 is 2.70 bits per heavy atom. The topological polar surface area (TPSA) is 158 Å². The van der Waals surface area contributed by atoms with Crippen molar-refractivity contribution >= 4 is 28.9 Å². The Kier molecular flexibility index (Phi) is 7.86. The number of nitrogens with one attached hydrogen (secondary N) is 2. The van der Waals surface area contributed by atoms with Gasteiger partial charge < -0.3 is 34.0 Å². The van der Waals surface area contributed by atoms with Crippen molar-refractivity contribution in [3.05, 3.63) is 58.3 Å². The molecule has 13 nitrogen and oxygen atoms in total. The number of imidazole rings is 1. The van der Waals surface area contributed by atoms with E-state index in [1.165, 1.54) is 50.3 Å². The van der Waals surface area contributed by atoms with Crippen LogP contribution >= 0.6 is 0 Å². The average Bonchev–Trinajstić information content (AvgIpc) is 3.21. The van der Waals surface area contributed by atoms with Gasteiger partial charge in [-0.05, 0) is 12.1 Å². The van der Waals surface area contributed by atoms with Gasteiger partial charge in [0.1, 0.15) is 28.6 Å². The van der Waals surface area contributed by atoms with Crippen LogP contribution in [-0.4, -0.2) is 50.4 Å². The second-order valence-corrected chi connectivity index (χ2v) is 8.20. The Balaban J connectivity index is 1.63. The van der Waals surface area contributed by atoms with Gasteiger partial charge >= 0.3 is 12.3 Å². The van der Waals surface area contributed by atoms with Gasteiger partial charge in [0.15, 0.2) is 11.4 Å². The number of fused-ring (bicyclic) bond motifs is 1. The minimum Gasteiger partial charge on any atom is -0.454 e. The summed E-state index contributed by atoms with van der Waals surface area (Å²) in [6.07, 6.45) is -2.19. The molecule has 0 radical (unpaired) electrons. The van der Waals surface area contributed by atoms with Gasteiger partial charge in [-0.3, -0.25) is 4.79 Å². The number of aryl methyl sites for hydroxylation is 2. The highest BCUT2D eigenvalue weighted by Crippen LogP contribution is 2.33. The summed E-state index contributed by atoms with van der Waals surface area (Å²) < 4.78 is 57.7. The van der Waals surface area contributed by atoms with Crippen molar-refractivity contribution in [3.8, 4) is 23.4 Å². The van der Waals surface area contributed by atoms with E-state index in [1.807, 2.05) is 6.07 Å². The summed E-state index contributed by atoms with van der Waals surface area (Å²) in [6, 6.07) is 5.47. The molecule has 16 heteroatoms. The summed E-state index contributed by atoms with van der Waals surface area (Å²) in [5.74, 6) is 0.0721. The van der Waals surface area contributed by atoms with Gasteiger partial charge in [0.25, 0.3) is 5.56 Å².